The molecular formula is C11H10BrFN4. The van der Waals surface area contributed by atoms with Crippen LogP contribution in [0.3, 0.4) is 0 Å². The third-order valence-electron chi connectivity index (χ3n) is 2.15. The van der Waals surface area contributed by atoms with E-state index in [9.17, 15) is 4.39 Å². The number of halogens is 2. The second-order valence-electron chi connectivity index (χ2n) is 3.43. The molecule has 0 fully saturated rings. The summed E-state index contributed by atoms with van der Waals surface area (Å²) in [6.07, 6.45) is 0. The predicted octanol–water partition coefficient (Wildman–Crippen LogP) is 2.57. The number of hydrogen-bond donors (Lipinski definition) is 2. The van der Waals surface area contributed by atoms with Crippen molar-refractivity contribution in [3.8, 4) is 0 Å². The van der Waals surface area contributed by atoms with Gasteiger partial charge in [-0.25, -0.2) is 4.39 Å². The fourth-order valence-corrected chi connectivity index (χ4v) is 1.71. The first kappa shape index (κ1) is 11.8. The van der Waals surface area contributed by atoms with E-state index in [2.05, 4.69) is 31.4 Å². The van der Waals surface area contributed by atoms with E-state index in [0.29, 0.717) is 23.7 Å². The van der Waals surface area contributed by atoms with Crippen molar-refractivity contribution < 1.29 is 4.39 Å². The quantitative estimate of drug-likeness (QED) is 0.914. The van der Waals surface area contributed by atoms with Crippen LogP contribution in [0.1, 0.15) is 5.56 Å². The van der Waals surface area contributed by atoms with Crippen molar-refractivity contribution in [1.29, 1.82) is 0 Å². The van der Waals surface area contributed by atoms with Crippen LogP contribution in [0.15, 0.2) is 34.8 Å². The molecule has 0 aliphatic carbocycles. The summed E-state index contributed by atoms with van der Waals surface area (Å²) in [5, 5.41) is 10.5. The highest BCUT2D eigenvalue weighted by atomic mass is 79.9. The monoisotopic (exact) mass is 296 g/mol. The summed E-state index contributed by atoms with van der Waals surface area (Å²) >= 11 is 3.29. The molecule has 2 rings (SSSR count). The molecule has 0 amide bonds. The van der Waals surface area contributed by atoms with Gasteiger partial charge in [0, 0.05) is 16.6 Å². The summed E-state index contributed by atoms with van der Waals surface area (Å²) in [6, 6.07) is 8.11. The van der Waals surface area contributed by atoms with Gasteiger partial charge in [-0.1, -0.05) is 15.9 Å². The van der Waals surface area contributed by atoms with Crippen LogP contribution < -0.4 is 11.1 Å². The van der Waals surface area contributed by atoms with Crippen molar-refractivity contribution in [1.82, 2.24) is 10.2 Å². The van der Waals surface area contributed by atoms with Gasteiger partial charge in [-0.15, -0.1) is 10.2 Å². The minimum atomic E-state index is -0.260. The van der Waals surface area contributed by atoms with Crippen LogP contribution in [-0.4, -0.2) is 10.2 Å². The number of nitrogen functional groups attached to an aromatic ring is 1. The summed E-state index contributed by atoms with van der Waals surface area (Å²) in [4.78, 5) is 0. The maximum absolute atomic E-state index is 13.4. The smallest absolute Gasteiger partial charge is 0.149 e. The summed E-state index contributed by atoms with van der Waals surface area (Å²) in [7, 11) is 0. The SMILES string of the molecule is Nc1ccc(NCc2cc(Br)ccc2F)nn1. The van der Waals surface area contributed by atoms with Gasteiger partial charge in [0.05, 0.1) is 0 Å². The Bertz CT molecular complexity index is 515. The predicted molar refractivity (Wildman–Crippen MR) is 67.9 cm³/mol. The van der Waals surface area contributed by atoms with Gasteiger partial charge in [0.15, 0.2) is 0 Å². The molecule has 0 aliphatic rings. The Balaban J connectivity index is 2.07. The zero-order valence-electron chi connectivity index (χ0n) is 8.82. The number of hydrogen-bond acceptors (Lipinski definition) is 4. The number of nitrogens with zero attached hydrogens (tertiary/aromatic N) is 2. The van der Waals surface area contributed by atoms with E-state index in [1.165, 1.54) is 6.07 Å². The topological polar surface area (TPSA) is 63.8 Å². The van der Waals surface area contributed by atoms with E-state index in [4.69, 9.17) is 5.73 Å². The van der Waals surface area contributed by atoms with Gasteiger partial charge in [0.25, 0.3) is 0 Å². The van der Waals surface area contributed by atoms with Gasteiger partial charge in [0.2, 0.25) is 0 Å². The van der Waals surface area contributed by atoms with E-state index < -0.39 is 0 Å². The number of nitrogens with two attached hydrogens (primary N) is 1. The Morgan fingerprint density at radius 2 is 2.06 bits per heavy atom. The van der Waals surface area contributed by atoms with E-state index in [1.54, 1.807) is 24.3 Å². The Hall–Kier alpha value is -1.69. The van der Waals surface area contributed by atoms with Crippen molar-refractivity contribution in [2.75, 3.05) is 11.1 Å². The highest BCUT2D eigenvalue weighted by Crippen LogP contribution is 2.16. The summed E-state index contributed by atoms with van der Waals surface area (Å²) in [5.74, 6) is 0.645. The van der Waals surface area contributed by atoms with Crippen molar-refractivity contribution in [3.63, 3.8) is 0 Å². The maximum Gasteiger partial charge on any atom is 0.149 e. The largest absolute Gasteiger partial charge is 0.382 e. The second kappa shape index (κ2) is 5.09. The molecule has 1 heterocycles. The Labute approximate surface area is 106 Å². The summed E-state index contributed by atoms with van der Waals surface area (Å²) in [5.41, 5.74) is 5.96. The minimum Gasteiger partial charge on any atom is -0.382 e. The fourth-order valence-electron chi connectivity index (χ4n) is 1.30. The van der Waals surface area contributed by atoms with Crippen molar-refractivity contribution >= 4 is 27.6 Å². The van der Waals surface area contributed by atoms with Crippen molar-refractivity contribution in [2.45, 2.75) is 6.54 Å². The first-order chi connectivity index (χ1) is 8.15. The molecule has 0 saturated carbocycles. The lowest BCUT2D eigenvalue weighted by atomic mass is 10.2. The zero-order valence-corrected chi connectivity index (χ0v) is 10.4. The first-order valence-electron chi connectivity index (χ1n) is 4.92. The molecular weight excluding hydrogens is 287 g/mol. The Morgan fingerprint density at radius 3 is 2.76 bits per heavy atom. The minimum absolute atomic E-state index is 0.260. The fraction of sp³-hybridized carbons (Fsp3) is 0.0909. The lowest BCUT2D eigenvalue weighted by Crippen LogP contribution is -2.04. The lowest BCUT2D eigenvalue weighted by Gasteiger charge is -2.06. The van der Waals surface area contributed by atoms with E-state index in [0.717, 1.165) is 4.47 Å². The highest BCUT2D eigenvalue weighted by molar-refractivity contribution is 9.10. The molecule has 4 nitrogen and oxygen atoms in total. The van der Waals surface area contributed by atoms with E-state index >= 15 is 0 Å². The number of nitrogens with one attached hydrogen (secondary N) is 1. The normalized spacial score (nSPS) is 10.2. The standard InChI is InChI=1S/C11H10BrFN4/c12-8-1-2-9(13)7(5-8)6-15-11-4-3-10(14)16-17-11/h1-5H,6H2,(H2,14,16)(H,15,17). The second-order valence-corrected chi connectivity index (χ2v) is 4.35. The molecule has 0 atom stereocenters. The summed E-state index contributed by atoms with van der Waals surface area (Å²) in [6.45, 7) is 0.337. The van der Waals surface area contributed by atoms with Gasteiger partial charge in [-0.05, 0) is 30.3 Å². The van der Waals surface area contributed by atoms with Gasteiger partial charge in [-0.2, -0.15) is 0 Å². The van der Waals surface area contributed by atoms with Crippen LogP contribution in [-0.2, 0) is 6.54 Å². The molecule has 0 unspecified atom stereocenters. The number of aromatic nitrogens is 2. The zero-order chi connectivity index (χ0) is 12.3. The third-order valence-corrected chi connectivity index (χ3v) is 2.65. The molecule has 0 spiro atoms. The molecule has 3 N–H and O–H groups in total. The Morgan fingerprint density at radius 1 is 1.24 bits per heavy atom. The van der Waals surface area contributed by atoms with Crippen molar-refractivity contribution in [2.24, 2.45) is 0 Å². The molecule has 0 radical (unpaired) electrons. The van der Waals surface area contributed by atoms with Crippen LogP contribution in [0.4, 0.5) is 16.0 Å². The van der Waals surface area contributed by atoms with Gasteiger partial charge >= 0.3 is 0 Å². The molecule has 1 aromatic heterocycles. The average Bonchev–Trinajstić information content (AvgIpc) is 2.32. The van der Waals surface area contributed by atoms with Gasteiger partial charge < -0.3 is 11.1 Å². The van der Waals surface area contributed by atoms with Crippen LogP contribution in [0, 0.1) is 5.82 Å². The molecule has 1 aromatic carbocycles. The van der Waals surface area contributed by atoms with Crippen LogP contribution in [0.25, 0.3) is 0 Å². The van der Waals surface area contributed by atoms with Crippen LogP contribution in [0.5, 0.6) is 0 Å². The lowest BCUT2D eigenvalue weighted by molar-refractivity contribution is 0.612. The van der Waals surface area contributed by atoms with E-state index in [1.807, 2.05) is 0 Å². The van der Waals surface area contributed by atoms with E-state index in [-0.39, 0.29) is 5.82 Å². The molecule has 88 valence electrons. The van der Waals surface area contributed by atoms with Crippen LogP contribution in [0.2, 0.25) is 0 Å². The molecule has 0 aliphatic heterocycles. The first-order valence-corrected chi connectivity index (χ1v) is 5.71. The molecule has 17 heavy (non-hydrogen) atoms. The highest BCUT2D eigenvalue weighted by Gasteiger charge is 2.03. The number of anilines is 2. The van der Waals surface area contributed by atoms with Gasteiger partial charge in [-0.3, -0.25) is 0 Å². The molecule has 6 heteroatoms. The third kappa shape index (κ3) is 3.13. The van der Waals surface area contributed by atoms with Gasteiger partial charge in [0.1, 0.15) is 17.5 Å². The van der Waals surface area contributed by atoms with Crippen LogP contribution >= 0.6 is 15.9 Å². The maximum atomic E-state index is 13.4. The average molecular weight is 297 g/mol. The van der Waals surface area contributed by atoms with Crippen molar-refractivity contribution in [3.05, 3.63) is 46.2 Å². The number of benzene rings is 1. The Kier molecular flexibility index (Phi) is 3.53. The molecule has 0 saturated heterocycles. The number of rotatable bonds is 3. The molecule has 2 aromatic rings. The summed E-state index contributed by atoms with van der Waals surface area (Å²) < 4.78 is 14.3. The molecule has 0 bridgehead atoms.